The number of amides is 1. The maximum absolute atomic E-state index is 11.6. The lowest BCUT2D eigenvalue weighted by Gasteiger charge is -2.30. The Morgan fingerprint density at radius 2 is 1.71 bits per heavy atom. The number of carbonyl (C=O) groups is 1. The molecule has 0 N–H and O–H groups in total. The van der Waals surface area contributed by atoms with Crippen LogP contribution in [0.25, 0.3) is 22.3 Å². The van der Waals surface area contributed by atoms with Crippen LogP contribution in [0.4, 0.5) is 11.4 Å². The first kappa shape index (κ1) is 24.0. The van der Waals surface area contributed by atoms with Gasteiger partial charge in [-0.05, 0) is 32.0 Å². The van der Waals surface area contributed by atoms with Gasteiger partial charge in [0.05, 0.1) is 43.3 Å². The molecule has 9 nitrogen and oxygen atoms in total. The SMILES string of the molecule is COc1cc(OC)cc(N(CCN(C=O)C(C)C)c2ccc3ncc(-c4cnn(C)c4)nc3c2)c1. The highest BCUT2D eigenvalue weighted by atomic mass is 16.5. The van der Waals surface area contributed by atoms with Gasteiger partial charge >= 0.3 is 0 Å². The van der Waals surface area contributed by atoms with Gasteiger partial charge in [-0.3, -0.25) is 14.5 Å². The lowest BCUT2D eigenvalue weighted by molar-refractivity contribution is -0.119. The summed E-state index contributed by atoms with van der Waals surface area (Å²) in [5.74, 6) is 1.36. The van der Waals surface area contributed by atoms with Crippen LogP contribution in [-0.4, -0.2) is 64.4 Å². The Labute approximate surface area is 204 Å². The van der Waals surface area contributed by atoms with E-state index in [0.29, 0.717) is 24.6 Å². The Morgan fingerprint density at radius 3 is 2.31 bits per heavy atom. The highest BCUT2D eigenvalue weighted by Gasteiger charge is 2.16. The molecule has 4 rings (SSSR count). The number of nitrogens with zero attached hydrogens (tertiary/aromatic N) is 6. The normalized spacial score (nSPS) is 11.0. The second-order valence-corrected chi connectivity index (χ2v) is 8.49. The van der Waals surface area contributed by atoms with Crippen molar-refractivity contribution in [3.05, 3.63) is 55.0 Å². The lowest BCUT2D eigenvalue weighted by Crippen LogP contribution is -2.36. The van der Waals surface area contributed by atoms with E-state index >= 15 is 0 Å². The van der Waals surface area contributed by atoms with Gasteiger partial charge in [0.15, 0.2) is 0 Å². The van der Waals surface area contributed by atoms with Crippen LogP contribution in [-0.2, 0) is 11.8 Å². The van der Waals surface area contributed by atoms with Gasteiger partial charge in [-0.15, -0.1) is 0 Å². The first-order valence-electron chi connectivity index (χ1n) is 11.4. The number of aryl methyl sites for hydroxylation is 1. The van der Waals surface area contributed by atoms with Crippen molar-refractivity contribution >= 4 is 28.8 Å². The molecule has 0 spiro atoms. The monoisotopic (exact) mass is 474 g/mol. The molecule has 0 aliphatic rings. The number of methoxy groups -OCH3 is 2. The van der Waals surface area contributed by atoms with Gasteiger partial charge in [0, 0.05) is 67.5 Å². The molecule has 0 fully saturated rings. The number of benzene rings is 2. The largest absolute Gasteiger partial charge is 0.497 e. The minimum Gasteiger partial charge on any atom is -0.497 e. The van der Waals surface area contributed by atoms with Gasteiger partial charge in [0.25, 0.3) is 0 Å². The summed E-state index contributed by atoms with van der Waals surface area (Å²) >= 11 is 0. The van der Waals surface area contributed by atoms with E-state index in [2.05, 4.69) is 15.0 Å². The average Bonchev–Trinajstić information content (AvgIpc) is 3.31. The number of hydrogen-bond donors (Lipinski definition) is 0. The number of rotatable bonds is 10. The van der Waals surface area contributed by atoms with Gasteiger partial charge in [-0.25, -0.2) is 4.98 Å². The van der Waals surface area contributed by atoms with E-state index in [-0.39, 0.29) is 6.04 Å². The van der Waals surface area contributed by atoms with Crippen LogP contribution in [0.15, 0.2) is 55.0 Å². The molecule has 9 heteroatoms. The zero-order valence-electron chi connectivity index (χ0n) is 20.7. The third-order valence-corrected chi connectivity index (χ3v) is 5.87. The second-order valence-electron chi connectivity index (χ2n) is 8.49. The summed E-state index contributed by atoms with van der Waals surface area (Å²) in [6.07, 6.45) is 6.33. The van der Waals surface area contributed by atoms with Crippen molar-refractivity contribution in [1.29, 1.82) is 0 Å². The van der Waals surface area contributed by atoms with Crippen LogP contribution in [0.2, 0.25) is 0 Å². The van der Waals surface area contributed by atoms with Crippen molar-refractivity contribution in [2.24, 2.45) is 7.05 Å². The number of fused-ring (bicyclic) bond motifs is 1. The third kappa shape index (κ3) is 5.34. The molecule has 0 saturated carbocycles. The van der Waals surface area contributed by atoms with Crippen molar-refractivity contribution in [3.63, 3.8) is 0 Å². The summed E-state index contributed by atoms with van der Waals surface area (Å²) in [7, 11) is 5.12. The zero-order chi connectivity index (χ0) is 24.9. The highest BCUT2D eigenvalue weighted by Crippen LogP contribution is 2.34. The molecule has 0 saturated heterocycles. The molecular weight excluding hydrogens is 444 g/mol. The van der Waals surface area contributed by atoms with E-state index in [9.17, 15) is 4.79 Å². The molecule has 2 aromatic carbocycles. The Hall–Kier alpha value is -4.14. The van der Waals surface area contributed by atoms with Gasteiger partial charge in [0.1, 0.15) is 11.5 Å². The van der Waals surface area contributed by atoms with E-state index in [4.69, 9.17) is 14.5 Å². The van der Waals surface area contributed by atoms with Crippen molar-refractivity contribution in [2.45, 2.75) is 19.9 Å². The Morgan fingerprint density at radius 1 is 0.971 bits per heavy atom. The van der Waals surface area contributed by atoms with Gasteiger partial charge in [-0.2, -0.15) is 5.10 Å². The molecule has 0 radical (unpaired) electrons. The molecule has 182 valence electrons. The molecule has 0 bridgehead atoms. The van der Waals surface area contributed by atoms with Crippen molar-refractivity contribution in [1.82, 2.24) is 24.6 Å². The fourth-order valence-electron chi connectivity index (χ4n) is 3.86. The molecule has 0 unspecified atom stereocenters. The highest BCUT2D eigenvalue weighted by molar-refractivity contribution is 5.82. The molecule has 2 aromatic heterocycles. The quantitative estimate of drug-likeness (QED) is 0.321. The van der Waals surface area contributed by atoms with Crippen LogP contribution in [0, 0.1) is 0 Å². The van der Waals surface area contributed by atoms with Crippen molar-refractivity contribution < 1.29 is 14.3 Å². The maximum Gasteiger partial charge on any atom is 0.209 e. The summed E-state index contributed by atoms with van der Waals surface area (Å²) in [4.78, 5) is 25.0. The number of carbonyl (C=O) groups excluding carboxylic acids is 1. The van der Waals surface area contributed by atoms with Crippen LogP contribution in [0.1, 0.15) is 13.8 Å². The maximum atomic E-state index is 11.6. The number of ether oxygens (including phenoxy) is 2. The first-order valence-corrected chi connectivity index (χ1v) is 11.4. The number of anilines is 2. The minimum atomic E-state index is 0.0960. The third-order valence-electron chi connectivity index (χ3n) is 5.87. The summed E-state index contributed by atoms with van der Waals surface area (Å²) in [5, 5.41) is 4.24. The predicted octanol–water partition coefficient (Wildman–Crippen LogP) is 4.05. The van der Waals surface area contributed by atoms with Crippen molar-refractivity contribution in [3.8, 4) is 22.8 Å². The van der Waals surface area contributed by atoms with Crippen molar-refractivity contribution in [2.75, 3.05) is 32.2 Å². The summed E-state index contributed by atoms with van der Waals surface area (Å²) in [5.41, 5.74) is 5.01. The fraction of sp³-hybridized carbons (Fsp3) is 0.308. The zero-order valence-corrected chi connectivity index (χ0v) is 20.7. The van der Waals surface area contributed by atoms with Crippen LogP contribution >= 0.6 is 0 Å². The Kier molecular flexibility index (Phi) is 7.14. The Bertz CT molecular complexity index is 1300. The van der Waals surface area contributed by atoms with E-state index < -0.39 is 0 Å². The molecule has 35 heavy (non-hydrogen) atoms. The van der Waals surface area contributed by atoms with Gasteiger partial charge in [-0.1, -0.05) is 0 Å². The van der Waals surface area contributed by atoms with E-state index in [1.54, 1.807) is 36.2 Å². The molecule has 0 atom stereocenters. The molecule has 2 heterocycles. The summed E-state index contributed by atoms with van der Waals surface area (Å²) in [6, 6.07) is 11.8. The molecule has 1 amide bonds. The molecule has 0 aliphatic carbocycles. The summed E-state index contributed by atoms with van der Waals surface area (Å²) in [6.45, 7) is 5.10. The first-order chi connectivity index (χ1) is 16.9. The Balaban J connectivity index is 1.78. The fourth-order valence-corrected chi connectivity index (χ4v) is 3.86. The van der Waals surface area contributed by atoms with E-state index in [1.807, 2.05) is 63.5 Å². The van der Waals surface area contributed by atoms with E-state index in [1.165, 1.54) is 0 Å². The topological polar surface area (TPSA) is 85.6 Å². The predicted molar refractivity (Wildman–Crippen MR) is 136 cm³/mol. The second kappa shape index (κ2) is 10.4. The van der Waals surface area contributed by atoms with Crippen LogP contribution in [0.5, 0.6) is 11.5 Å². The van der Waals surface area contributed by atoms with Crippen LogP contribution < -0.4 is 14.4 Å². The lowest BCUT2D eigenvalue weighted by atomic mass is 10.2. The average molecular weight is 475 g/mol. The standard InChI is InChI=1S/C26H30N6O3/c1-18(2)31(17-33)8-9-32(21-10-22(34-4)13-23(11-21)35-5)20-6-7-24-25(12-20)29-26(15-27-24)19-14-28-30(3)16-19/h6-7,10-18H,8-9H2,1-5H3. The minimum absolute atomic E-state index is 0.0960. The van der Waals surface area contributed by atoms with Crippen LogP contribution in [0.3, 0.4) is 0 Å². The molecular formula is C26H30N6O3. The van der Waals surface area contributed by atoms with Gasteiger partial charge < -0.3 is 19.3 Å². The molecule has 0 aliphatic heterocycles. The number of hydrogen-bond acceptors (Lipinski definition) is 7. The van der Waals surface area contributed by atoms with Gasteiger partial charge in [0.2, 0.25) is 6.41 Å². The molecule has 4 aromatic rings. The number of aromatic nitrogens is 4. The smallest absolute Gasteiger partial charge is 0.209 e. The van der Waals surface area contributed by atoms with E-state index in [0.717, 1.165) is 40.1 Å². The summed E-state index contributed by atoms with van der Waals surface area (Å²) < 4.78 is 12.7.